The fraction of sp³-hybridized carbons (Fsp3) is 0.100. The summed E-state index contributed by atoms with van der Waals surface area (Å²) >= 11 is 5.80. The molecule has 0 spiro atoms. The van der Waals surface area contributed by atoms with Gasteiger partial charge in [0.1, 0.15) is 11.0 Å². The fourth-order valence-corrected chi connectivity index (χ4v) is 1.45. The normalized spacial score (nSPS) is 9.93. The van der Waals surface area contributed by atoms with Crippen molar-refractivity contribution in [3.8, 4) is 5.82 Å². The van der Waals surface area contributed by atoms with Crippen LogP contribution >= 0.6 is 11.6 Å². The van der Waals surface area contributed by atoms with Gasteiger partial charge >= 0.3 is 0 Å². The van der Waals surface area contributed by atoms with Crippen molar-refractivity contribution in [2.75, 3.05) is 0 Å². The van der Waals surface area contributed by atoms with Crippen LogP contribution in [-0.2, 0) is 0 Å². The first-order valence-electron chi connectivity index (χ1n) is 4.27. The van der Waals surface area contributed by atoms with Crippen molar-refractivity contribution in [3.05, 3.63) is 46.7 Å². The average molecular weight is 219 g/mol. The van der Waals surface area contributed by atoms with Crippen LogP contribution in [-0.4, -0.2) is 14.8 Å². The van der Waals surface area contributed by atoms with Crippen LogP contribution < -0.4 is 0 Å². The molecule has 0 atom stereocenters. The third kappa shape index (κ3) is 1.83. The number of hydrogen-bond acceptors (Lipinski definition) is 2. The molecule has 0 radical (unpaired) electrons. The molecule has 2 aromatic rings. The van der Waals surface area contributed by atoms with E-state index in [2.05, 4.69) is 14.9 Å². The summed E-state index contributed by atoms with van der Waals surface area (Å²) in [5, 5.41) is 4.39. The van der Waals surface area contributed by atoms with Gasteiger partial charge in [-0.15, -0.1) is 0 Å². The molecule has 0 unspecified atom stereocenters. The second kappa shape index (κ2) is 3.71. The minimum Gasteiger partial charge on any atom is -0.238 e. The first-order chi connectivity index (χ1) is 7.20. The van der Waals surface area contributed by atoms with Crippen molar-refractivity contribution < 1.29 is 0 Å². The highest BCUT2D eigenvalue weighted by atomic mass is 35.5. The van der Waals surface area contributed by atoms with E-state index in [1.165, 1.54) is 6.07 Å². The van der Waals surface area contributed by atoms with E-state index in [9.17, 15) is 0 Å². The lowest BCUT2D eigenvalue weighted by molar-refractivity contribution is 0.818. The predicted molar refractivity (Wildman–Crippen MR) is 57.4 cm³/mol. The second-order valence-corrected chi connectivity index (χ2v) is 3.39. The highest BCUT2D eigenvalue weighted by Crippen LogP contribution is 2.20. The van der Waals surface area contributed by atoms with Gasteiger partial charge in [-0.2, -0.15) is 5.10 Å². The zero-order valence-electron chi connectivity index (χ0n) is 7.98. The first kappa shape index (κ1) is 9.69. The Bertz CT molecular complexity index is 539. The average Bonchev–Trinajstić information content (AvgIpc) is 2.63. The van der Waals surface area contributed by atoms with E-state index in [0.29, 0.717) is 16.7 Å². The van der Waals surface area contributed by atoms with Gasteiger partial charge in [0.05, 0.1) is 6.57 Å². The lowest BCUT2D eigenvalue weighted by Gasteiger charge is -2.04. The molecule has 0 amide bonds. The quantitative estimate of drug-likeness (QED) is 0.545. The maximum absolute atomic E-state index is 6.93. The molecule has 2 heterocycles. The van der Waals surface area contributed by atoms with E-state index in [-0.39, 0.29) is 0 Å². The lowest BCUT2D eigenvalue weighted by atomic mass is 10.4. The molecule has 2 aromatic heterocycles. The van der Waals surface area contributed by atoms with E-state index in [1.807, 2.05) is 13.0 Å². The molecule has 0 N–H and O–H groups in total. The summed E-state index contributed by atoms with van der Waals surface area (Å²) in [7, 11) is 0. The standard InChI is InChI=1S/C10H7ClN4/c1-7-3-4-13-15(7)10-6-8(12-2)5-9(11)14-10/h3-6H,1H3. The van der Waals surface area contributed by atoms with Gasteiger partial charge in [0.25, 0.3) is 0 Å². The highest BCUT2D eigenvalue weighted by Gasteiger charge is 2.05. The number of nitrogens with zero attached hydrogens (tertiary/aromatic N) is 4. The molecule has 0 aromatic carbocycles. The summed E-state index contributed by atoms with van der Waals surface area (Å²) in [4.78, 5) is 7.42. The number of pyridine rings is 1. The highest BCUT2D eigenvalue weighted by molar-refractivity contribution is 6.29. The van der Waals surface area contributed by atoms with E-state index in [4.69, 9.17) is 18.2 Å². The number of hydrogen-bond donors (Lipinski definition) is 0. The SMILES string of the molecule is [C-]#[N+]c1cc(Cl)nc(-n2nccc2C)c1. The van der Waals surface area contributed by atoms with Crippen LogP contribution in [0.5, 0.6) is 0 Å². The molecular formula is C10H7ClN4. The minimum atomic E-state index is 0.299. The van der Waals surface area contributed by atoms with Gasteiger partial charge in [0.2, 0.25) is 0 Å². The third-order valence-corrected chi connectivity index (χ3v) is 2.14. The van der Waals surface area contributed by atoms with Gasteiger partial charge in [-0.05, 0) is 25.1 Å². The molecule has 15 heavy (non-hydrogen) atoms. The second-order valence-electron chi connectivity index (χ2n) is 3.00. The van der Waals surface area contributed by atoms with Crippen LogP contribution in [0.4, 0.5) is 5.69 Å². The summed E-state index contributed by atoms with van der Waals surface area (Å²) in [6.45, 7) is 8.83. The number of aryl methyl sites for hydroxylation is 1. The summed E-state index contributed by atoms with van der Waals surface area (Å²) in [6, 6.07) is 5.04. The molecule has 0 aliphatic heterocycles. The summed E-state index contributed by atoms with van der Waals surface area (Å²) in [5.74, 6) is 0.566. The van der Waals surface area contributed by atoms with E-state index in [0.717, 1.165) is 5.69 Å². The van der Waals surface area contributed by atoms with Crippen LogP contribution in [0.3, 0.4) is 0 Å². The fourth-order valence-electron chi connectivity index (χ4n) is 1.25. The number of rotatable bonds is 1. The summed E-state index contributed by atoms with van der Waals surface area (Å²) in [6.07, 6.45) is 1.68. The van der Waals surface area contributed by atoms with Crippen molar-refractivity contribution in [2.24, 2.45) is 0 Å². The Labute approximate surface area is 92.0 Å². The Morgan fingerprint density at radius 2 is 2.27 bits per heavy atom. The smallest absolute Gasteiger partial charge is 0.193 e. The van der Waals surface area contributed by atoms with Gasteiger partial charge in [0.15, 0.2) is 5.69 Å². The predicted octanol–water partition coefficient (Wildman–Crippen LogP) is 2.78. The maximum atomic E-state index is 6.93. The minimum absolute atomic E-state index is 0.299. The topological polar surface area (TPSA) is 35.1 Å². The molecule has 0 saturated carbocycles. The largest absolute Gasteiger partial charge is 0.238 e. The molecule has 0 bridgehead atoms. The van der Waals surface area contributed by atoms with Gasteiger partial charge in [-0.1, -0.05) is 11.6 Å². The molecular weight excluding hydrogens is 212 g/mol. The van der Waals surface area contributed by atoms with Crippen LogP contribution in [0.1, 0.15) is 5.69 Å². The molecule has 4 nitrogen and oxygen atoms in total. The lowest BCUT2D eigenvalue weighted by Crippen LogP contribution is -2.01. The van der Waals surface area contributed by atoms with E-state index >= 15 is 0 Å². The third-order valence-electron chi connectivity index (χ3n) is 1.94. The van der Waals surface area contributed by atoms with Gasteiger partial charge in [-0.3, -0.25) is 0 Å². The Hall–Kier alpha value is -1.86. The van der Waals surface area contributed by atoms with Gasteiger partial charge < -0.3 is 0 Å². The van der Waals surface area contributed by atoms with E-state index in [1.54, 1.807) is 16.9 Å². The molecule has 0 aliphatic rings. The Morgan fingerprint density at radius 3 is 2.87 bits per heavy atom. The van der Waals surface area contributed by atoms with E-state index < -0.39 is 0 Å². The molecule has 0 fully saturated rings. The van der Waals surface area contributed by atoms with Gasteiger partial charge in [0, 0.05) is 11.9 Å². The van der Waals surface area contributed by atoms with Crippen molar-refractivity contribution in [1.82, 2.24) is 14.8 Å². The Morgan fingerprint density at radius 1 is 1.47 bits per heavy atom. The number of halogens is 1. The van der Waals surface area contributed by atoms with Gasteiger partial charge in [-0.25, -0.2) is 14.5 Å². The molecule has 0 saturated heterocycles. The Kier molecular flexibility index (Phi) is 2.40. The molecule has 0 aliphatic carbocycles. The Balaban J connectivity index is 2.59. The van der Waals surface area contributed by atoms with Crippen molar-refractivity contribution in [2.45, 2.75) is 6.92 Å². The monoisotopic (exact) mass is 218 g/mol. The number of aromatic nitrogens is 3. The van der Waals surface area contributed by atoms with Crippen LogP contribution in [0.25, 0.3) is 10.7 Å². The maximum Gasteiger partial charge on any atom is 0.193 e. The van der Waals surface area contributed by atoms with Crippen LogP contribution in [0.15, 0.2) is 24.4 Å². The zero-order valence-corrected chi connectivity index (χ0v) is 8.73. The van der Waals surface area contributed by atoms with Crippen molar-refractivity contribution in [1.29, 1.82) is 0 Å². The van der Waals surface area contributed by atoms with Crippen molar-refractivity contribution in [3.63, 3.8) is 0 Å². The van der Waals surface area contributed by atoms with Crippen molar-refractivity contribution >= 4 is 17.3 Å². The summed E-state index contributed by atoms with van der Waals surface area (Å²) in [5.41, 5.74) is 1.40. The van der Waals surface area contributed by atoms with Crippen LogP contribution in [0.2, 0.25) is 5.15 Å². The zero-order chi connectivity index (χ0) is 10.8. The van der Waals surface area contributed by atoms with Crippen LogP contribution in [0, 0.1) is 13.5 Å². The first-order valence-corrected chi connectivity index (χ1v) is 4.64. The molecule has 2 rings (SSSR count). The molecule has 74 valence electrons. The molecule has 5 heteroatoms. The summed E-state index contributed by atoms with van der Waals surface area (Å²) < 4.78 is 1.64.